The summed E-state index contributed by atoms with van der Waals surface area (Å²) in [6.07, 6.45) is 3.25. The lowest BCUT2D eigenvalue weighted by molar-refractivity contribution is 0.0746. The smallest absolute Gasteiger partial charge is 0.257 e. The number of carbonyl (C=O) groups is 1. The van der Waals surface area contributed by atoms with Gasteiger partial charge in [-0.25, -0.2) is 18.5 Å². The van der Waals surface area contributed by atoms with Gasteiger partial charge in [-0.1, -0.05) is 18.2 Å². The number of hydrogen-bond acceptors (Lipinski definition) is 8. The molecule has 0 spiro atoms. The van der Waals surface area contributed by atoms with Gasteiger partial charge in [0, 0.05) is 49.7 Å². The second kappa shape index (κ2) is 11.9. The number of piperidine rings is 1. The zero-order valence-corrected chi connectivity index (χ0v) is 24.2. The number of primary sulfonamides is 1. The van der Waals surface area contributed by atoms with E-state index in [1.54, 1.807) is 12.1 Å². The number of benzene rings is 2. The van der Waals surface area contributed by atoms with Gasteiger partial charge in [0.25, 0.3) is 15.9 Å². The maximum absolute atomic E-state index is 13.9. The molecule has 5 rings (SSSR count). The van der Waals surface area contributed by atoms with Gasteiger partial charge in [0.05, 0.1) is 16.9 Å². The van der Waals surface area contributed by atoms with Gasteiger partial charge >= 0.3 is 0 Å². The Hall–Kier alpha value is -3.98. The van der Waals surface area contributed by atoms with Crippen molar-refractivity contribution in [2.75, 3.05) is 49.1 Å². The first-order chi connectivity index (χ1) is 19.7. The Morgan fingerprint density at radius 2 is 1.73 bits per heavy atom. The van der Waals surface area contributed by atoms with Crippen molar-refractivity contribution in [3.05, 3.63) is 77.0 Å². The summed E-state index contributed by atoms with van der Waals surface area (Å²) in [5, 5.41) is 18.6. The third-order valence-electron chi connectivity index (χ3n) is 7.92. The molecule has 2 aromatic carbocycles. The van der Waals surface area contributed by atoms with Gasteiger partial charge in [-0.05, 0) is 81.2 Å². The first kappa shape index (κ1) is 28.5. The Labute approximate surface area is 241 Å². The number of aryl methyl sites for hydroxylation is 2. The lowest BCUT2D eigenvalue weighted by atomic mass is 9.96. The number of amides is 1. The first-order valence-corrected chi connectivity index (χ1v) is 15.4. The molecule has 2 aliphatic heterocycles. The van der Waals surface area contributed by atoms with Crippen molar-refractivity contribution >= 4 is 33.0 Å². The Morgan fingerprint density at radius 1 is 1.02 bits per heavy atom. The van der Waals surface area contributed by atoms with E-state index in [1.165, 1.54) is 6.20 Å². The highest BCUT2D eigenvalue weighted by Gasteiger charge is 2.30. The highest BCUT2D eigenvalue weighted by Crippen LogP contribution is 2.37. The monoisotopic (exact) mass is 573 g/mol. The van der Waals surface area contributed by atoms with Gasteiger partial charge in [-0.2, -0.15) is 5.26 Å². The first-order valence-electron chi connectivity index (χ1n) is 13.8. The second-order valence-electron chi connectivity index (χ2n) is 10.6. The van der Waals surface area contributed by atoms with E-state index in [0.717, 1.165) is 48.4 Å². The Balaban J connectivity index is 1.44. The summed E-state index contributed by atoms with van der Waals surface area (Å²) in [5.74, 6) is -0.0694. The summed E-state index contributed by atoms with van der Waals surface area (Å²) in [4.78, 5) is 23.9. The standard InChI is InChI=1S/C30H35N7O3S/c1-21-18-22(2)28(37(24-9-12-33-13-10-24)26-7-4-3-6-23(26)20-31)19-25(21)30(38)36-16-14-35(15-17-36)27-8-5-11-34-29(27)41(32,39)40/h3-8,11,18-19,24,33H,9-10,12-17H2,1-2H3,(H2,32,39,40). The highest BCUT2D eigenvalue weighted by atomic mass is 32.2. The van der Waals surface area contributed by atoms with Crippen molar-refractivity contribution in [1.82, 2.24) is 15.2 Å². The maximum Gasteiger partial charge on any atom is 0.257 e. The number of pyridine rings is 1. The predicted octanol–water partition coefficient (Wildman–Crippen LogP) is 3.07. The molecule has 3 heterocycles. The fourth-order valence-electron chi connectivity index (χ4n) is 5.86. The Kier molecular flexibility index (Phi) is 8.26. The van der Waals surface area contributed by atoms with E-state index < -0.39 is 10.0 Å². The molecule has 214 valence electrons. The number of hydrogen-bond donors (Lipinski definition) is 2. The highest BCUT2D eigenvalue weighted by molar-refractivity contribution is 7.89. The van der Waals surface area contributed by atoms with Crippen LogP contribution in [0.3, 0.4) is 0 Å². The zero-order chi connectivity index (χ0) is 29.1. The van der Waals surface area contributed by atoms with Crippen molar-refractivity contribution in [2.24, 2.45) is 5.14 Å². The quantitative estimate of drug-likeness (QED) is 0.459. The van der Waals surface area contributed by atoms with Gasteiger partial charge in [0.1, 0.15) is 6.07 Å². The van der Waals surface area contributed by atoms with Crippen LogP contribution in [0, 0.1) is 25.2 Å². The number of sulfonamides is 1. The molecular formula is C30H35N7O3S. The fraction of sp³-hybridized carbons (Fsp3) is 0.367. The molecule has 2 fully saturated rings. The van der Waals surface area contributed by atoms with Gasteiger partial charge in [-0.15, -0.1) is 0 Å². The molecule has 0 unspecified atom stereocenters. The minimum Gasteiger partial charge on any atom is -0.366 e. The lowest BCUT2D eigenvalue weighted by Gasteiger charge is -2.39. The maximum atomic E-state index is 13.9. The van der Waals surface area contributed by atoms with Crippen LogP contribution in [0.15, 0.2) is 59.8 Å². The molecule has 2 saturated heterocycles. The molecule has 0 saturated carbocycles. The van der Waals surface area contributed by atoms with Crippen LogP contribution < -0.4 is 20.3 Å². The van der Waals surface area contributed by atoms with Crippen molar-refractivity contribution < 1.29 is 13.2 Å². The second-order valence-corrected chi connectivity index (χ2v) is 12.1. The molecule has 3 N–H and O–H groups in total. The van der Waals surface area contributed by atoms with Crippen LogP contribution in [0.2, 0.25) is 0 Å². The van der Waals surface area contributed by atoms with Crippen molar-refractivity contribution in [1.29, 1.82) is 5.26 Å². The molecule has 0 atom stereocenters. The molecule has 1 aromatic heterocycles. The molecule has 3 aromatic rings. The number of nitrogens with one attached hydrogen (secondary N) is 1. The molecular weight excluding hydrogens is 538 g/mol. The summed E-state index contributed by atoms with van der Waals surface area (Å²) in [6, 6.07) is 17.6. The summed E-state index contributed by atoms with van der Waals surface area (Å²) in [7, 11) is -3.98. The number of nitrogens with two attached hydrogens (primary N) is 1. The molecule has 1 amide bonds. The minimum atomic E-state index is -3.98. The van der Waals surface area contributed by atoms with Crippen LogP contribution in [0.4, 0.5) is 17.1 Å². The number of nitrogens with zero attached hydrogens (tertiary/aromatic N) is 5. The summed E-state index contributed by atoms with van der Waals surface area (Å²) in [6.45, 7) is 7.54. The predicted molar refractivity (Wildman–Crippen MR) is 159 cm³/mol. The van der Waals surface area contributed by atoms with Crippen LogP contribution in [0.25, 0.3) is 0 Å². The summed E-state index contributed by atoms with van der Waals surface area (Å²) < 4.78 is 24.1. The van der Waals surface area contributed by atoms with Crippen LogP contribution >= 0.6 is 0 Å². The average molecular weight is 574 g/mol. The number of carbonyl (C=O) groups excluding carboxylic acids is 1. The number of rotatable bonds is 6. The van der Waals surface area contributed by atoms with E-state index in [1.807, 2.05) is 47.1 Å². The van der Waals surface area contributed by atoms with Crippen LogP contribution in [-0.4, -0.2) is 69.5 Å². The molecule has 2 aliphatic rings. The molecule has 0 bridgehead atoms. The SMILES string of the molecule is Cc1cc(C)c(N(c2ccccc2C#N)C2CCNCC2)cc1C(=O)N1CCN(c2cccnc2S(N)(=O)=O)CC1. The summed E-state index contributed by atoms with van der Waals surface area (Å²) in [5.41, 5.74) is 5.39. The molecule has 10 nitrogen and oxygen atoms in total. The van der Waals surface area contributed by atoms with Gasteiger partial charge in [0.15, 0.2) is 5.03 Å². The molecule has 11 heteroatoms. The van der Waals surface area contributed by atoms with Crippen molar-refractivity contribution in [3.63, 3.8) is 0 Å². The third-order valence-corrected chi connectivity index (χ3v) is 8.77. The number of anilines is 3. The van der Waals surface area contributed by atoms with E-state index in [4.69, 9.17) is 5.14 Å². The number of para-hydroxylation sites is 1. The molecule has 0 aliphatic carbocycles. The van der Waals surface area contributed by atoms with E-state index in [9.17, 15) is 18.5 Å². The number of nitriles is 1. The Morgan fingerprint density at radius 3 is 2.41 bits per heavy atom. The zero-order valence-electron chi connectivity index (χ0n) is 23.4. The number of piperazine rings is 1. The van der Waals surface area contributed by atoms with Crippen LogP contribution in [0.5, 0.6) is 0 Å². The normalized spacial score (nSPS) is 16.3. The van der Waals surface area contributed by atoms with E-state index in [0.29, 0.717) is 43.0 Å². The fourth-order valence-corrected chi connectivity index (χ4v) is 6.56. The van der Waals surface area contributed by atoms with Gasteiger partial charge < -0.3 is 20.0 Å². The van der Waals surface area contributed by atoms with Crippen LogP contribution in [-0.2, 0) is 10.0 Å². The van der Waals surface area contributed by atoms with Gasteiger partial charge in [-0.3, -0.25) is 4.79 Å². The van der Waals surface area contributed by atoms with Crippen LogP contribution in [0.1, 0.15) is 39.9 Å². The topological polar surface area (TPSA) is 136 Å². The minimum absolute atomic E-state index is 0.0694. The van der Waals surface area contributed by atoms with Crippen molar-refractivity contribution in [2.45, 2.75) is 37.8 Å². The van der Waals surface area contributed by atoms with Crippen molar-refractivity contribution in [3.8, 4) is 6.07 Å². The number of aromatic nitrogens is 1. The largest absolute Gasteiger partial charge is 0.366 e. The summed E-state index contributed by atoms with van der Waals surface area (Å²) >= 11 is 0. The van der Waals surface area contributed by atoms with E-state index >= 15 is 0 Å². The Bertz CT molecular complexity index is 1590. The van der Waals surface area contributed by atoms with Gasteiger partial charge in [0.2, 0.25) is 0 Å². The van der Waals surface area contributed by atoms with E-state index in [-0.39, 0.29) is 17.0 Å². The third kappa shape index (κ3) is 5.91. The van der Waals surface area contributed by atoms with E-state index in [2.05, 4.69) is 34.3 Å². The molecule has 41 heavy (non-hydrogen) atoms. The average Bonchev–Trinajstić information content (AvgIpc) is 2.98. The molecule has 0 radical (unpaired) electrons. The lowest BCUT2D eigenvalue weighted by Crippen LogP contribution is -2.49.